The van der Waals surface area contributed by atoms with Crippen LogP contribution in [-0.4, -0.2) is 26.2 Å². The van der Waals surface area contributed by atoms with Gasteiger partial charge in [0, 0.05) is 37.6 Å². The molecule has 0 heterocycles. The highest BCUT2D eigenvalue weighted by Gasteiger charge is 2.03. The zero-order chi connectivity index (χ0) is 27.5. The summed E-state index contributed by atoms with van der Waals surface area (Å²) in [4.78, 5) is 4.59. The van der Waals surface area contributed by atoms with Crippen LogP contribution in [0.5, 0.6) is 11.5 Å². The summed E-state index contributed by atoms with van der Waals surface area (Å²) in [5.74, 6) is 1.44. The molecule has 39 heavy (non-hydrogen) atoms. The van der Waals surface area contributed by atoms with Gasteiger partial charge in [-0.1, -0.05) is 0 Å². The maximum Gasteiger partial charge on any atom is 0.127 e. The van der Waals surface area contributed by atoms with Crippen molar-refractivity contribution in [3.63, 3.8) is 0 Å². The summed E-state index contributed by atoms with van der Waals surface area (Å²) in [6.07, 6.45) is 0. The van der Waals surface area contributed by atoms with E-state index in [0.29, 0.717) is 0 Å². The lowest BCUT2D eigenvalue weighted by Crippen LogP contribution is -2.21. The van der Waals surface area contributed by atoms with Crippen LogP contribution >= 0.6 is 0 Å². The van der Waals surface area contributed by atoms with Gasteiger partial charge in [-0.05, 0) is 125 Å². The Kier molecular flexibility index (Phi) is 9.78. The maximum absolute atomic E-state index is 5.97. The van der Waals surface area contributed by atoms with Crippen molar-refractivity contribution in [3.05, 3.63) is 97.1 Å². The van der Waals surface area contributed by atoms with E-state index in [0.717, 1.165) is 60.4 Å². The van der Waals surface area contributed by atoms with Gasteiger partial charge in [-0.2, -0.15) is 20.5 Å². The van der Waals surface area contributed by atoms with Crippen LogP contribution in [0.1, 0.15) is 27.7 Å². The van der Waals surface area contributed by atoms with Crippen molar-refractivity contribution in [1.29, 1.82) is 0 Å². The quantitative estimate of drug-likeness (QED) is 0.175. The lowest BCUT2D eigenvalue weighted by Gasteiger charge is -2.20. The Balaban J connectivity index is 1.31. The van der Waals surface area contributed by atoms with Gasteiger partial charge in [0.2, 0.25) is 0 Å². The molecule has 7 nitrogen and oxygen atoms in total. The van der Waals surface area contributed by atoms with Gasteiger partial charge >= 0.3 is 0 Å². The molecule has 4 rings (SSSR count). The fourth-order valence-electron chi connectivity index (χ4n) is 4.17. The molecule has 0 saturated heterocycles. The zero-order valence-electron chi connectivity index (χ0n) is 23.2. The number of hydrogen-bond acceptors (Lipinski definition) is 7. The van der Waals surface area contributed by atoms with Crippen molar-refractivity contribution in [2.75, 3.05) is 36.0 Å². The first-order chi connectivity index (χ1) is 19.1. The van der Waals surface area contributed by atoms with Crippen molar-refractivity contribution in [2.24, 2.45) is 20.5 Å². The van der Waals surface area contributed by atoms with Crippen molar-refractivity contribution >= 4 is 34.1 Å². The number of benzene rings is 4. The molecular formula is C32H36N6O. The second kappa shape index (κ2) is 13.9. The molecule has 4 aromatic rings. The highest BCUT2D eigenvalue weighted by Crippen LogP contribution is 2.28. The molecule has 0 amide bonds. The highest BCUT2D eigenvalue weighted by molar-refractivity contribution is 5.54. The van der Waals surface area contributed by atoms with E-state index in [2.05, 4.69) is 82.2 Å². The fourth-order valence-corrected chi connectivity index (χ4v) is 4.17. The van der Waals surface area contributed by atoms with E-state index in [-0.39, 0.29) is 0 Å². The van der Waals surface area contributed by atoms with E-state index in [4.69, 9.17) is 4.74 Å². The van der Waals surface area contributed by atoms with Crippen LogP contribution in [-0.2, 0) is 0 Å². The maximum atomic E-state index is 5.97. The van der Waals surface area contributed by atoms with Crippen LogP contribution in [0.25, 0.3) is 0 Å². The first-order valence-electron chi connectivity index (χ1n) is 13.5. The third-order valence-corrected chi connectivity index (χ3v) is 6.43. The molecule has 200 valence electrons. The lowest BCUT2D eigenvalue weighted by atomic mass is 10.2. The Labute approximate surface area is 231 Å². The average Bonchev–Trinajstić information content (AvgIpc) is 2.99. The summed E-state index contributed by atoms with van der Waals surface area (Å²) in [6, 6.07) is 31.3. The van der Waals surface area contributed by atoms with E-state index in [1.54, 1.807) is 0 Å². The predicted molar refractivity (Wildman–Crippen MR) is 161 cm³/mol. The van der Waals surface area contributed by atoms with Crippen LogP contribution in [0.3, 0.4) is 0 Å². The molecule has 0 atom stereocenters. The van der Waals surface area contributed by atoms with Gasteiger partial charge < -0.3 is 14.5 Å². The van der Waals surface area contributed by atoms with Crippen molar-refractivity contribution < 1.29 is 4.74 Å². The predicted octanol–water partition coefficient (Wildman–Crippen LogP) is 10.0. The average molecular weight is 521 g/mol. The first kappa shape index (κ1) is 27.5. The summed E-state index contributed by atoms with van der Waals surface area (Å²) in [6.45, 7) is 12.5. The SMILES string of the molecule is CCN(CC)c1ccc(N=Nc2ccc(Oc3ccc(N=Nc4ccc(N(CC)CC)cc4)cc3)cc2)cc1. The second-order valence-corrected chi connectivity index (χ2v) is 8.87. The number of nitrogens with zero attached hydrogens (tertiary/aromatic N) is 6. The smallest absolute Gasteiger partial charge is 0.127 e. The Bertz CT molecular complexity index is 1230. The second-order valence-electron chi connectivity index (χ2n) is 8.87. The summed E-state index contributed by atoms with van der Waals surface area (Å²) in [7, 11) is 0. The van der Waals surface area contributed by atoms with Crippen LogP contribution < -0.4 is 14.5 Å². The van der Waals surface area contributed by atoms with Gasteiger partial charge in [0.05, 0.1) is 22.7 Å². The molecule has 0 radical (unpaired) electrons. The Hall–Kier alpha value is -4.52. The molecule has 0 aliphatic heterocycles. The molecule has 0 aliphatic carbocycles. The Morgan fingerprint density at radius 3 is 0.923 bits per heavy atom. The van der Waals surface area contributed by atoms with Crippen LogP contribution in [0.4, 0.5) is 34.1 Å². The third kappa shape index (κ3) is 7.74. The van der Waals surface area contributed by atoms with Crippen molar-refractivity contribution in [3.8, 4) is 11.5 Å². The molecule has 0 saturated carbocycles. The molecule has 4 aromatic carbocycles. The molecule has 0 spiro atoms. The van der Waals surface area contributed by atoms with E-state index < -0.39 is 0 Å². The Morgan fingerprint density at radius 1 is 0.410 bits per heavy atom. The largest absolute Gasteiger partial charge is 0.457 e. The minimum absolute atomic E-state index is 0.722. The molecule has 0 unspecified atom stereocenters. The van der Waals surface area contributed by atoms with Crippen LogP contribution in [0.2, 0.25) is 0 Å². The van der Waals surface area contributed by atoms with E-state index in [9.17, 15) is 0 Å². The van der Waals surface area contributed by atoms with E-state index in [1.807, 2.05) is 72.8 Å². The number of hydrogen-bond donors (Lipinski definition) is 0. The molecular weight excluding hydrogens is 484 g/mol. The summed E-state index contributed by atoms with van der Waals surface area (Å²) >= 11 is 0. The van der Waals surface area contributed by atoms with Gasteiger partial charge in [0.15, 0.2) is 0 Å². The Morgan fingerprint density at radius 2 is 0.667 bits per heavy atom. The summed E-state index contributed by atoms with van der Waals surface area (Å²) in [5, 5.41) is 17.4. The topological polar surface area (TPSA) is 65.1 Å². The summed E-state index contributed by atoms with van der Waals surface area (Å²) in [5.41, 5.74) is 5.54. The standard InChI is InChI=1S/C32H36N6O/c1-5-37(6-2)29-17-9-25(10-18-29)33-35-27-13-21-31(22-14-27)39-32-23-15-28(16-24-32)36-34-26-11-19-30(20-12-26)38(7-3)8-4/h9-24H,5-8H2,1-4H3. The van der Waals surface area contributed by atoms with Gasteiger partial charge in [0.25, 0.3) is 0 Å². The molecule has 0 aliphatic rings. The zero-order valence-corrected chi connectivity index (χ0v) is 23.2. The number of ether oxygens (including phenoxy) is 1. The number of azo groups is 2. The lowest BCUT2D eigenvalue weighted by molar-refractivity contribution is 0.483. The van der Waals surface area contributed by atoms with Gasteiger partial charge in [-0.15, -0.1) is 0 Å². The third-order valence-electron chi connectivity index (χ3n) is 6.43. The van der Waals surface area contributed by atoms with Crippen LogP contribution in [0, 0.1) is 0 Å². The van der Waals surface area contributed by atoms with Gasteiger partial charge in [0.1, 0.15) is 11.5 Å². The molecule has 0 N–H and O–H groups in total. The molecule has 7 heteroatoms. The molecule has 0 fully saturated rings. The fraction of sp³-hybridized carbons (Fsp3) is 0.250. The molecule has 0 aromatic heterocycles. The monoisotopic (exact) mass is 520 g/mol. The van der Waals surface area contributed by atoms with E-state index >= 15 is 0 Å². The van der Waals surface area contributed by atoms with Crippen molar-refractivity contribution in [1.82, 2.24) is 0 Å². The van der Waals surface area contributed by atoms with Crippen molar-refractivity contribution in [2.45, 2.75) is 27.7 Å². The molecule has 0 bridgehead atoms. The normalized spacial score (nSPS) is 11.3. The number of anilines is 2. The minimum atomic E-state index is 0.722. The van der Waals surface area contributed by atoms with Gasteiger partial charge in [-0.3, -0.25) is 0 Å². The minimum Gasteiger partial charge on any atom is -0.457 e. The van der Waals surface area contributed by atoms with E-state index in [1.165, 1.54) is 11.4 Å². The highest BCUT2D eigenvalue weighted by atomic mass is 16.5. The first-order valence-corrected chi connectivity index (χ1v) is 13.5. The van der Waals surface area contributed by atoms with Gasteiger partial charge in [-0.25, -0.2) is 0 Å². The van der Waals surface area contributed by atoms with Crippen LogP contribution in [0.15, 0.2) is 118 Å². The summed E-state index contributed by atoms with van der Waals surface area (Å²) < 4.78 is 5.97. The number of rotatable bonds is 12.